The van der Waals surface area contributed by atoms with Gasteiger partial charge in [0.05, 0.1) is 25.5 Å². The van der Waals surface area contributed by atoms with Crippen molar-refractivity contribution < 1.29 is 19.4 Å². The molecule has 0 fully saturated rings. The van der Waals surface area contributed by atoms with E-state index in [0.29, 0.717) is 28.7 Å². The van der Waals surface area contributed by atoms with Gasteiger partial charge in [-0.05, 0) is 42.5 Å². The van der Waals surface area contributed by atoms with Gasteiger partial charge in [-0.25, -0.2) is 14.8 Å². The molecule has 2 aromatic heterocycles. The summed E-state index contributed by atoms with van der Waals surface area (Å²) in [6.07, 6.45) is 5.49. The van der Waals surface area contributed by atoms with E-state index in [4.69, 9.17) is 14.5 Å². The first-order chi connectivity index (χ1) is 17.5. The average molecular weight is 482 g/mol. The molecule has 9 nitrogen and oxygen atoms in total. The molecule has 0 atom stereocenters. The summed E-state index contributed by atoms with van der Waals surface area (Å²) in [4.78, 5) is 20.6. The Bertz CT molecular complexity index is 1560. The molecule has 3 N–H and O–H groups in total. The van der Waals surface area contributed by atoms with Crippen molar-refractivity contribution in [2.45, 2.75) is 0 Å². The highest BCUT2D eigenvalue weighted by Crippen LogP contribution is 2.32. The highest BCUT2D eigenvalue weighted by atomic mass is 16.5. The molecule has 0 aliphatic rings. The highest BCUT2D eigenvalue weighted by molar-refractivity contribution is 5.89. The first-order valence-electron chi connectivity index (χ1n) is 11.1. The lowest BCUT2D eigenvalue weighted by molar-refractivity contribution is 0.0697. The fourth-order valence-electron chi connectivity index (χ4n) is 3.86. The molecule has 5 rings (SSSR count). The number of hydrogen-bond acceptors (Lipinski definition) is 7. The number of ether oxygens (including phenoxy) is 2. The minimum Gasteiger partial charge on any atom is -0.493 e. The van der Waals surface area contributed by atoms with Crippen LogP contribution in [0.1, 0.15) is 10.4 Å². The van der Waals surface area contributed by atoms with Crippen molar-refractivity contribution in [1.82, 2.24) is 14.4 Å². The van der Waals surface area contributed by atoms with Crippen LogP contribution in [0.4, 0.5) is 22.9 Å². The summed E-state index contributed by atoms with van der Waals surface area (Å²) in [6, 6.07) is 20.0. The third-order valence-corrected chi connectivity index (χ3v) is 5.58. The molecule has 0 spiro atoms. The van der Waals surface area contributed by atoms with E-state index in [2.05, 4.69) is 15.6 Å². The predicted molar refractivity (Wildman–Crippen MR) is 138 cm³/mol. The standard InChI is InChI=1S/C27H23N5O4/c1-35-23-10-9-21(15-24(23)36-2)30-25-26-28-11-12-32(26)16-22(31-25)17-5-3-7-19(13-17)29-20-8-4-6-18(14-20)27(33)34/h3-16,29H,1-2H3,(H,30,31)(H,33,34). The highest BCUT2D eigenvalue weighted by Gasteiger charge is 2.12. The molecule has 0 unspecified atom stereocenters. The van der Waals surface area contributed by atoms with Crippen molar-refractivity contribution in [3.8, 4) is 22.8 Å². The molecule has 0 saturated heterocycles. The number of nitrogens with one attached hydrogen (secondary N) is 2. The summed E-state index contributed by atoms with van der Waals surface area (Å²) in [7, 11) is 3.18. The zero-order valence-electron chi connectivity index (χ0n) is 19.6. The van der Waals surface area contributed by atoms with Crippen LogP contribution in [0.25, 0.3) is 16.9 Å². The summed E-state index contributed by atoms with van der Waals surface area (Å²) in [5.74, 6) is 0.842. The Labute approximate surface area is 207 Å². The van der Waals surface area contributed by atoms with Crippen LogP contribution in [0, 0.1) is 0 Å². The molecule has 5 aromatic rings. The Kier molecular flexibility index (Phi) is 6.10. The second-order valence-electron chi connectivity index (χ2n) is 7.92. The summed E-state index contributed by atoms with van der Waals surface area (Å²) >= 11 is 0. The number of fused-ring (bicyclic) bond motifs is 1. The smallest absolute Gasteiger partial charge is 0.335 e. The summed E-state index contributed by atoms with van der Waals surface area (Å²) in [6.45, 7) is 0. The molecule has 0 aliphatic carbocycles. The molecule has 0 saturated carbocycles. The third kappa shape index (κ3) is 4.62. The maximum Gasteiger partial charge on any atom is 0.335 e. The van der Waals surface area contributed by atoms with Crippen LogP contribution < -0.4 is 20.1 Å². The van der Waals surface area contributed by atoms with Gasteiger partial charge in [0.2, 0.25) is 0 Å². The third-order valence-electron chi connectivity index (χ3n) is 5.58. The first kappa shape index (κ1) is 22.7. The largest absolute Gasteiger partial charge is 0.493 e. The van der Waals surface area contributed by atoms with Crippen LogP contribution in [0.2, 0.25) is 0 Å². The van der Waals surface area contributed by atoms with E-state index in [1.54, 1.807) is 38.6 Å². The Balaban J connectivity index is 1.48. The summed E-state index contributed by atoms with van der Waals surface area (Å²) in [5.41, 5.74) is 4.75. The van der Waals surface area contributed by atoms with Gasteiger partial charge in [0.15, 0.2) is 23.0 Å². The Morgan fingerprint density at radius 3 is 2.42 bits per heavy atom. The van der Waals surface area contributed by atoms with Gasteiger partial charge in [-0.1, -0.05) is 18.2 Å². The minimum atomic E-state index is -0.972. The van der Waals surface area contributed by atoms with Gasteiger partial charge in [-0.2, -0.15) is 0 Å². The quantitative estimate of drug-likeness (QED) is 0.263. The number of carboxylic acids is 1. The number of rotatable bonds is 8. The molecular weight excluding hydrogens is 458 g/mol. The monoisotopic (exact) mass is 481 g/mol. The number of hydrogen-bond donors (Lipinski definition) is 3. The number of carbonyl (C=O) groups is 1. The second kappa shape index (κ2) is 9.67. The van der Waals surface area contributed by atoms with E-state index < -0.39 is 5.97 Å². The van der Waals surface area contributed by atoms with Gasteiger partial charge in [0.25, 0.3) is 0 Å². The van der Waals surface area contributed by atoms with Crippen LogP contribution in [-0.2, 0) is 0 Å². The number of aromatic nitrogens is 3. The molecular formula is C27H23N5O4. The normalized spacial score (nSPS) is 10.7. The number of nitrogens with zero attached hydrogens (tertiary/aromatic N) is 3. The molecule has 0 bridgehead atoms. The van der Waals surface area contributed by atoms with Crippen LogP contribution in [-0.4, -0.2) is 39.7 Å². The lowest BCUT2D eigenvalue weighted by Gasteiger charge is -2.13. The molecule has 9 heteroatoms. The Morgan fingerprint density at radius 1 is 0.889 bits per heavy atom. The zero-order chi connectivity index (χ0) is 25.1. The molecule has 0 amide bonds. The minimum absolute atomic E-state index is 0.217. The van der Waals surface area contributed by atoms with Crippen LogP contribution >= 0.6 is 0 Å². The molecule has 3 aromatic carbocycles. The molecule has 0 aliphatic heterocycles. The van der Waals surface area contributed by atoms with Gasteiger partial charge in [0, 0.05) is 47.3 Å². The van der Waals surface area contributed by atoms with Gasteiger partial charge in [-0.3, -0.25) is 0 Å². The van der Waals surface area contributed by atoms with Gasteiger partial charge in [0.1, 0.15) is 0 Å². The number of imidazole rings is 1. The summed E-state index contributed by atoms with van der Waals surface area (Å²) in [5, 5.41) is 15.9. The van der Waals surface area contributed by atoms with E-state index >= 15 is 0 Å². The lowest BCUT2D eigenvalue weighted by atomic mass is 10.1. The van der Waals surface area contributed by atoms with E-state index in [1.165, 1.54) is 0 Å². The maximum atomic E-state index is 11.3. The SMILES string of the molecule is COc1ccc(Nc2nc(-c3cccc(Nc4cccc(C(=O)O)c4)c3)cn3ccnc23)cc1OC. The molecule has 36 heavy (non-hydrogen) atoms. The average Bonchev–Trinajstić information content (AvgIpc) is 3.38. The first-order valence-corrected chi connectivity index (χ1v) is 11.1. The van der Waals surface area contributed by atoms with E-state index in [-0.39, 0.29) is 5.56 Å². The summed E-state index contributed by atoms with van der Waals surface area (Å²) < 4.78 is 12.6. The van der Waals surface area contributed by atoms with Crippen molar-refractivity contribution in [1.29, 1.82) is 0 Å². The topological polar surface area (TPSA) is 110 Å². The van der Waals surface area contributed by atoms with Crippen LogP contribution in [0.15, 0.2) is 85.3 Å². The number of methoxy groups -OCH3 is 2. The van der Waals surface area contributed by atoms with Gasteiger partial charge in [-0.15, -0.1) is 0 Å². The van der Waals surface area contributed by atoms with Crippen LogP contribution in [0.3, 0.4) is 0 Å². The van der Waals surface area contributed by atoms with Crippen molar-refractivity contribution in [2.75, 3.05) is 24.9 Å². The second-order valence-corrected chi connectivity index (χ2v) is 7.92. The lowest BCUT2D eigenvalue weighted by Crippen LogP contribution is -2.01. The predicted octanol–water partition coefficient (Wildman–Crippen LogP) is 5.60. The van der Waals surface area contributed by atoms with Crippen molar-refractivity contribution >= 4 is 34.5 Å². The molecule has 2 heterocycles. The van der Waals surface area contributed by atoms with Crippen molar-refractivity contribution in [2.24, 2.45) is 0 Å². The van der Waals surface area contributed by atoms with E-state index in [0.717, 1.165) is 22.6 Å². The van der Waals surface area contributed by atoms with Crippen molar-refractivity contribution in [3.63, 3.8) is 0 Å². The molecule has 0 radical (unpaired) electrons. The maximum absolute atomic E-state index is 11.3. The van der Waals surface area contributed by atoms with E-state index in [9.17, 15) is 9.90 Å². The van der Waals surface area contributed by atoms with Gasteiger partial charge < -0.3 is 29.6 Å². The Morgan fingerprint density at radius 2 is 1.64 bits per heavy atom. The molecule has 180 valence electrons. The number of anilines is 4. The fourth-order valence-corrected chi connectivity index (χ4v) is 3.86. The van der Waals surface area contributed by atoms with Crippen molar-refractivity contribution in [3.05, 3.63) is 90.9 Å². The van der Waals surface area contributed by atoms with Crippen LogP contribution in [0.5, 0.6) is 11.5 Å². The number of carboxylic acid groups (broad SMARTS) is 1. The zero-order valence-corrected chi connectivity index (χ0v) is 19.6. The number of benzene rings is 3. The van der Waals surface area contributed by atoms with E-state index in [1.807, 2.05) is 65.3 Å². The Hall–Kier alpha value is -5.05. The van der Waals surface area contributed by atoms with Gasteiger partial charge >= 0.3 is 5.97 Å². The number of aromatic carboxylic acids is 1. The fraction of sp³-hybridized carbons (Fsp3) is 0.0741.